The van der Waals surface area contributed by atoms with Crippen LogP contribution in [-0.2, 0) is 10.5 Å². The maximum absolute atomic E-state index is 12.9. The molecular weight excluding hydrogens is 345 g/mol. The lowest BCUT2D eigenvalue weighted by molar-refractivity contribution is -0.113. The molecule has 5 nitrogen and oxygen atoms in total. The lowest BCUT2D eigenvalue weighted by atomic mass is 10.1. The number of thioether (sulfide) groups is 1. The maximum Gasteiger partial charge on any atom is 0.234 e. The molecule has 0 bridgehead atoms. The van der Waals surface area contributed by atoms with E-state index in [2.05, 4.69) is 5.32 Å². The van der Waals surface area contributed by atoms with E-state index in [-0.39, 0.29) is 30.1 Å². The zero-order chi connectivity index (χ0) is 17.8. The predicted octanol–water partition coefficient (Wildman–Crippen LogP) is 3.63. The molecule has 0 atom stereocenters. The highest BCUT2D eigenvalue weighted by atomic mass is 32.2. The average Bonchev–Trinajstić information content (AvgIpc) is 3.03. The summed E-state index contributed by atoms with van der Waals surface area (Å²) in [6, 6.07) is 9.33. The first kappa shape index (κ1) is 17.3. The molecule has 1 aliphatic rings. The SMILES string of the molecule is CC(=O)c1cc2c(cc1NC(=O)CSCc1ccc(F)cc1)OCO2. The van der Waals surface area contributed by atoms with Crippen molar-refractivity contribution < 1.29 is 23.5 Å². The van der Waals surface area contributed by atoms with Gasteiger partial charge in [0.05, 0.1) is 11.4 Å². The molecule has 1 amide bonds. The minimum Gasteiger partial charge on any atom is -0.454 e. The Morgan fingerprint density at radius 3 is 2.52 bits per heavy atom. The summed E-state index contributed by atoms with van der Waals surface area (Å²) in [6.45, 7) is 1.52. The first-order chi connectivity index (χ1) is 12.0. The summed E-state index contributed by atoms with van der Waals surface area (Å²) >= 11 is 1.40. The Bertz CT molecular complexity index is 807. The first-order valence-electron chi connectivity index (χ1n) is 7.59. The lowest BCUT2D eigenvalue weighted by Gasteiger charge is -2.10. The van der Waals surface area contributed by atoms with Gasteiger partial charge in [-0.15, -0.1) is 11.8 Å². The molecule has 0 aromatic heterocycles. The molecule has 1 heterocycles. The van der Waals surface area contributed by atoms with Crippen LogP contribution in [0.1, 0.15) is 22.8 Å². The van der Waals surface area contributed by atoms with Crippen LogP contribution in [0.4, 0.5) is 10.1 Å². The third kappa shape index (κ3) is 4.30. The van der Waals surface area contributed by atoms with Gasteiger partial charge in [0.15, 0.2) is 17.3 Å². The topological polar surface area (TPSA) is 64.6 Å². The molecule has 25 heavy (non-hydrogen) atoms. The van der Waals surface area contributed by atoms with Crippen LogP contribution in [0.15, 0.2) is 36.4 Å². The Balaban J connectivity index is 1.60. The fourth-order valence-electron chi connectivity index (χ4n) is 2.37. The van der Waals surface area contributed by atoms with E-state index >= 15 is 0 Å². The van der Waals surface area contributed by atoms with Gasteiger partial charge in [-0.05, 0) is 30.7 Å². The molecule has 130 valence electrons. The highest BCUT2D eigenvalue weighted by molar-refractivity contribution is 7.99. The number of nitrogens with one attached hydrogen (secondary N) is 1. The zero-order valence-corrected chi connectivity index (χ0v) is 14.3. The molecule has 1 N–H and O–H groups in total. The molecule has 0 aliphatic carbocycles. The number of Topliss-reactive ketones (excluding diaryl/α,β-unsaturated/α-hetero) is 1. The second kappa shape index (κ2) is 7.57. The van der Waals surface area contributed by atoms with Crippen LogP contribution >= 0.6 is 11.8 Å². The van der Waals surface area contributed by atoms with E-state index in [1.807, 2.05) is 0 Å². The van der Waals surface area contributed by atoms with Crippen molar-refractivity contribution in [2.45, 2.75) is 12.7 Å². The number of carbonyl (C=O) groups is 2. The van der Waals surface area contributed by atoms with Crippen LogP contribution in [0.5, 0.6) is 11.5 Å². The third-order valence-corrected chi connectivity index (χ3v) is 4.59. The van der Waals surface area contributed by atoms with Crippen LogP contribution < -0.4 is 14.8 Å². The molecule has 0 radical (unpaired) electrons. The van der Waals surface area contributed by atoms with Crippen molar-refractivity contribution in [3.63, 3.8) is 0 Å². The summed E-state index contributed by atoms with van der Waals surface area (Å²) in [4.78, 5) is 23.9. The van der Waals surface area contributed by atoms with Gasteiger partial charge in [0.1, 0.15) is 5.82 Å². The van der Waals surface area contributed by atoms with E-state index in [0.29, 0.717) is 28.5 Å². The highest BCUT2D eigenvalue weighted by Crippen LogP contribution is 2.37. The monoisotopic (exact) mass is 361 g/mol. The van der Waals surface area contributed by atoms with E-state index in [4.69, 9.17) is 9.47 Å². The lowest BCUT2D eigenvalue weighted by Crippen LogP contribution is -2.16. The molecule has 2 aromatic rings. The van der Waals surface area contributed by atoms with Crippen LogP contribution in [0.3, 0.4) is 0 Å². The Morgan fingerprint density at radius 1 is 1.16 bits per heavy atom. The second-order valence-corrected chi connectivity index (χ2v) is 6.46. The molecule has 0 spiro atoms. The third-order valence-electron chi connectivity index (χ3n) is 3.58. The van der Waals surface area contributed by atoms with Crippen molar-refractivity contribution in [3.05, 3.63) is 53.3 Å². The van der Waals surface area contributed by atoms with E-state index in [1.54, 1.807) is 24.3 Å². The van der Waals surface area contributed by atoms with Crippen molar-refractivity contribution in [2.24, 2.45) is 0 Å². The Labute approximate surface area is 148 Å². The van der Waals surface area contributed by atoms with E-state index in [0.717, 1.165) is 5.56 Å². The van der Waals surface area contributed by atoms with Crippen LogP contribution in [0, 0.1) is 5.82 Å². The van der Waals surface area contributed by atoms with Gasteiger partial charge in [-0.1, -0.05) is 12.1 Å². The molecule has 0 fully saturated rings. The smallest absolute Gasteiger partial charge is 0.234 e. The normalized spacial score (nSPS) is 12.1. The molecule has 0 saturated carbocycles. The van der Waals surface area contributed by atoms with Crippen LogP contribution in [0.25, 0.3) is 0 Å². The Morgan fingerprint density at radius 2 is 1.84 bits per heavy atom. The van der Waals surface area contributed by atoms with Crippen molar-refractivity contribution in [1.29, 1.82) is 0 Å². The van der Waals surface area contributed by atoms with E-state index in [1.165, 1.54) is 30.8 Å². The van der Waals surface area contributed by atoms with Gasteiger partial charge in [0.25, 0.3) is 0 Å². The fraction of sp³-hybridized carbons (Fsp3) is 0.222. The van der Waals surface area contributed by atoms with Crippen LogP contribution in [0.2, 0.25) is 0 Å². The van der Waals surface area contributed by atoms with Crippen LogP contribution in [-0.4, -0.2) is 24.2 Å². The van der Waals surface area contributed by atoms with Gasteiger partial charge in [0, 0.05) is 17.4 Å². The molecule has 7 heteroatoms. The largest absolute Gasteiger partial charge is 0.454 e. The number of fused-ring (bicyclic) bond motifs is 1. The molecular formula is C18H16FNO4S. The van der Waals surface area contributed by atoms with Gasteiger partial charge in [-0.2, -0.15) is 0 Å². The quantitative estimate of drug-likeness (QED) is 0.796. The Hall–Kier alpha value is -2.54. The first-order valence-corrected chi connectivity index (χ1v) is 8.75. The summed E-state index contributed by atoms with van der Waals surface area (Å²) in [5.74, 6) is 1.11. The average molecular weight is 361 g/mol. The highest BCUT2D eigenvalue weighted by Gasteiger charge is 2.20. The number of halogens is 1. The minimum atomic E-state index is -0.286. The molecule has 1 aliphatic heterocycles. The maximum atomic E-state index is 12.9. The number of hydrogen-bond acceptors (Lipinski definition) is 5. The standard InChI is InChI=1S/C18H16FNO4S/c1-11(21)14-6-16-17(24-10-23-16)7-15(14)20-18(22)9-25-8-12-2-4-13(19)5-3-12/h2-7H,8-10H2,1H3,(H,20,22). The second-order valence-electron chi connectivity index (χ2n) is 5.47. The number of anilines is 1. The van der Waals surface area contributed by atoms with Gasteiger partial charge >= 0.3 is 0 Å². The predicted molar refractivity (Wildman–Crippen MR) is 93.8 cm³/mol. The van der Waals surface area contributed by atoms with Gasteiger partial charge in [-0.3, -0.25) is 9.59 Å². The number of rotatable bonds is 6. The van der Waals surface area contributed by atoms with E-state index < -0.39 is 0 Å². The van der Waals surface area contributed by atoms with E-state index in [9.17, 15) is 14.0 Å². The molecule has 0 unspecified atom stereocenters. The van der Waals surface area contributed by atoms with Crippen molar-refractivity contribution in [3.8, 4) is 11.5 Å². The Kier molecular flexibility index (Phi) is 5.23. The minimum absolute atomic E-state index is 0.0948. The molecule has 2 aromatic carbocycles. The number of amides is 1. The van der Waals surface area contributed by atoms with Crippen molar-refractivity contribution in [2.75, 3.05) is 17.9 Å². The zero-order valence-electron chi connectivity index (χ0n) is 13.5. The number of ketones is 1. The number of ether oxygens (including phenoxy) is 2. The fourth-order valence-corrected chi connectivity index (χ4v) is 3.15. The van der Waals surface area contributed by atoms with Gasteiger partial charge in [0.2, 0.25) is 12.7 Å². The van der Waals surface area contributed by atoms with Gasteiger partial charge < -0.3 is 14.8 Å². The molecule has 3 rings (SSSR count). The van der Waals surface area contributed by atoms with Gasteiger partial charge in [-0.25, -0.2) is 4.39 Å². The number of carbonyl (C=O) groups excluding carboxylic acids is 2. The van der Waals surface area contributed by atoms with Crippen molar-refractivity contribution in [1.82, 2.24) is 0 Å². The molecule has 0 saturated heterocycles. The number of hydrogen-bond donors (Lipinski definition) is 1. The summed E-state index contributed by atoms with van der Waals surface area (Å²) in [5, 5.41) is 2.74. The summed E-state index contributed by atoms with van der Waals surface area (Å²) in [7, 11) is 0. The summed E-state index contributed by atoms with van der Waals surface area (Å²) in [5.41, 5.74) is 1.72. The summed E-state index contributed by atoms with van der Waals surface area (Å²) < 4.78 is 23.4. The number of benzene rings is 2. The summed E-state index contributed by atoms with van der Waals surface area (Å²) in [6.07, 6.45) is 0. The van der Waals surface area contributed by atoms with Crippen molar-refractivity contribution >= 4 is 29.1 Å².